The lowest BCUT2D eigenvalue weighted by atomic mass is 10.0. The Kier molecular flexibility index (Phi) is 7.47. The molecular weight excluding hydrogens is 531 g/mol. The molecule has 0 radical (unpaired) electrons. The summed E-state index contributed by atoms with van der Waals surface area (Å²) in [4.78, 5) is 24.6. The maximum Gasteiger partial charge on any atom is 0.416 e. The van der Waals surface area contributed by atoms with E-state index in [-0.39, 0.29) is 6.04 Å². The summed E-state index contributed by atoms with van der Waals surface area (Å²) in [6, 6.07) is 17.5. The molecule has 0 aliphatic carbocycles. The molecule has 0 spiro atoms. The number of rotatable bonds is 8. The number of fused-ring (bicyclic) bond motifs is 1. The Morgan fingerprint density at radius 1 is 0.854 bits per heavy atom. The van der Waals surface area contributed by atoms with E-state index >= 15 is 0 Å². The predicted molar refractivity (Wildman–Crippen MR) is 150 cm³/mol. The first-order valence-electron chi connectivity index (χ1n) is 13.4. The Bertz CT molecular complexity index is 1580. The summed E-state index contributed by atoms with van der Waals surface area (Å²) in [5.74, 6) is 1.46. The Balaban J connectivity index is 1.23. The molecule has 0 atom stereocenters. The van der Waals surface area contributed by atoms with E-state index in [0.717, 1.165) is 44.6 Å². The number of hydrogen-bond acceptors (Lipinski definition) is 8. The van der Waals surface area contributed by atoms with Crippen molar-refractivity contribution in [3.63, 3.8) is 0 Å². The third kappa shape index (κ3) is 6.43. The van der Waals surface area contributed by atoms with Gasteiger partial charge in [0.1, 0.15) is 12.1 Å². The smallest absolute Gasteiger partial charge is 0.365 e. The lowest BCUT2D eigenvalue weighted by Crippen LogP contribution is -2.38. The van der Waals surface area contributed by atoms with Gasteiger partial charge >= 0.3 is 6.18 Å². The first kappa shape index (κ1) is 26.6. The zero-order valence-electron chi connectivity index (χ0n) is 22.1. The van der Waals surface area contributed by atoms with Gasteiger partial charge in [-0.1, -0.05) is 42.5 Å². The van der Waals surface area contributed by atoms with Gasteiger partial charge in [0, 0.05) is 31.9 Å². The first-order valence-corrected chi connectivity index (χ1v) is 13.4. The molecule has 1 aliphatic rings. The number of nitrogens with zero attached hydrogens (tertiary/aromatic N) is 7. The predicted octanol–water partition coefficient (Wildman–Crippen LogP) is 5.50. The molecule has 6 rings (SSSR count). The summed E-state index contributed by atoms with van der Waals surface area (Å²) >= 11 is 0. The molecule has 4 heterocycles. The Hall–Kier alpha value is -4.58. The lowest BCUT2D eigenvalue weighted by molar-refractivity contribution is -0.137. The molecule has 1 aliphatic heterocycles. The topological polar surface area (TPSA) is 96.7 Å². The van der Waals surface area contributed by atoms with Crippen molar-refractivity contribution in [2.45, 2.75) is 38.1 Å². The zero-order chi connectivity index (χ0) is 28.2. The highest BCUT2D eigenvalue weighted by Gasteiger charge is 2.30. The second-order valence-corrected chi connectivity index (χ2v) is 10.0. The van der Waals surface area contributed by atoms with Crippen LogP contribution in [-0.4, -0.2) is 53.5 Å². The zero-order valence-corrected chi connectivity index (χ0v) is 22.1. The average Bonchev–Trinajstić information content (AvgIpc) is 3.37. The third-order valence-corrected chi connectivity index (χ3v) is 7.10. The van der Waals surface area contributed by atoms with Gasteiger partial charge in [0.2, 0.25) is 5.95 Å². The van der Waals surface area contributed by atoms with E-state index in [1.54, 1.807) is 23.2 Å². The van der Waals surface area contributed by atoms with Crippen LogP contribution in [0, 0.1) is 0 Å². The molecule has 210 valence electrons. The van der Waals surface area contributed by atoms with Gasteiger partial charge in [-0.15, -0.1) is 0 Å². The highest BCUT2D eigenvalue weighted by molar-refractivity contribution is 5.84. The Morgan fingerprint density at radius 2 is 1.61 bits per heavy atom. The maximum absolute atomic E-state index is 13.0. The number of likely N-dealkylation sites (tertiary alicyclic amines) is 1. The van der Waals surface area contributed by atoms with Crippen molar-refractivity contribution in [2.75, 3.05) is 23.7 Å². The number of aromatic nitrogens is 6. The molecule has 0 amide bonds. The highest BCUT2D eigenvalue weighted by atomic mass is 19.4. The molecule has 0 bridgehead atoms. The average molecular weight is 560 g/mol. The minimum absolute atomic E-state index is 0.201. The van der Waals surface area contributed by atoms with Crippen molar-refractivity contribution in [3.05, 3.63) is 96.2 Å². The van der Waals surface area contributed by atoms with Gasteiger partial charge in [0.25, 0.3) is 0 Å². The standard InChI is InChI=1S/C29H28F3N9/c30-29(31,32)22-8-6-21(7-9-22)17-41-19-35-25-26(38-28(39-27(25)41)37-24-10-13-33-18-34-24)36-23-11-14-40(15-12-23)16-20-4-2-1-3-5-20/h1-10,13,18-19,23H,11-12,14-17H2,(H2,33,34,36,37,38,39). The SMILES string of the molecule is FC(F)(F)c1ccc(Cn2cnc3c(NC4CCN(Cc5ccccc5)CC4)nc(Nc4ccncn4)nc32)cc1. The van der Waals surface area contributed by atoms with E-state index in [2.05, 4.69) is 59.7 Å². The van der Waals surface area contributed by atoms with E-state index < -0.39 is 11.7 Å². The van der Waals surface area contributed by atoms with Crippen molar-refractivity contribution in [2.24, 2.45) is 0 Å². The summed E-state index contributed by atoms with van der Waals surface area (Å²) in [7, 11) is 0. The van der Waals surface area contributed by atoms with Crippen LogP contribution in [0.25, 0.3) is 11.2 Å². The number of alkyl halides is 3. The van der Waals surface area contributed by atoms with Gasteiger partial charge in [-0.25, -0.2) is 15.0 Å². The van der Waals surface area contributed by atoms with Gasteiger partial charge < -0.3 is 15.2 Å². The van der Waals surface area contributed by atoms with Crippen molar-refractivity contribution < 1.29 is 13.2 Å². The van der Waals surface area contributed by atoms with Crippen molar-refractivity contribution in [3.8, 4) is 0 Å². The monoisotopic (exact) mass is 559 g/mol. The number of nitrogens with one attached hydrogen (secondary N) is 2. The number of benzene rings is 2. The van der Waals surface area contributed by atoms with Crippen LogP contribution in [-0.2, 0) is 19.3 Å². The fourth-order valence-electron chi connectivity index (χ4n) is 4.96. The number of imidazole rings is 1. The molecule has 2 aromatic carbocycles. The van der Waals surface area contributed by atoms with Crippen molar-refractivity contribution in [1.29, 1.82) is 0 Å². The van der Waals surface area contributed by atoms with E-state index in [9.17, 15) is 13.2 Å². The Morgan fingerprint density at radius 3 is 2.32 bits per heavy atom. The minimum atomic E-state index is -4.38. The van der Waals surface area contributed by atoms with Crippen molar-refractivity contribution >= 4 is 28.7 Å². The molecule has 3 aromatic heterocycles. The number of hydrogen-bond donors (Lipinski definition) is 2. The van der Waals surface area contributed by atoms with Crippen LogP contribution in [0.4, 0.5) is 30.8 Å². The lowest BCUT2D eigenvalue weighted by Gasteiger charge is -2.32. The van der Waals surface area contributed by atoms with Crippen LogP contribution in [0.2, 0.25) is 0 Å². The van der Waals surface area contributed by atoms with Crippen LogP contribution in [0.5, 0.6) is 0 Å². The second kappa shape index (κ2) is 11.5. The molecule has 5 aromatic rings. The van der Waals surface area contributed by atoms with E-state index in [1.807, 2.05) is 6.07 Å². The van der Waals surface area contributed by atoms with Crippen LogP contribution in [0.1, 0.15) is 29.5 Å². The first-order chi connectivity index (χ1) is 19.9. The molecule has 9 nitrogen and oxygen atoms in total. The molecule has 1 saturated heterocycles. The molecule has 0 saturated carbocycles. The molecule has 12 heteroatoms. The summed E-state index contributed by atoms with van der Waals surface area (Å²) in [5.41, 5.74) is 2.46. The number of anilines is 3. The van der Waals surface area contributed by atoms with Gasteiger partial charge in [-0.2, -0.15) is 23.1 Å². The quantitative estimate of drug-likeness (QED) is 0.257. The molecule has 0 unspecified atom stereocenters. The number of piperidine rings is 1. The minimum Gasteiger partial charge on any atom is -0.365 e. The summed E-state index contributed by atoms with van der Waals surface area (Å²) in [6.07, 6.45) is 2.19. The van der Waals surface area contributed by atoms with E-state index in [4.69, 9.17) is 4.98 Å². The van der Waals surface area contributed by atoms with Crippen molar-refractivity contribution in [1.82, 2.24) is 34.4 Å². The molecular formula is C29H28F3N9. The normalized spacial score (nSPS) is 14.8. The van der Waals surface area contributed by atoms with Crippen LogP contribution < -0.4 is 10.6 Å². The summed E-state index contributed by atoms with van der Waals surface area (Å²) in [5, 5.41) is 6.71. The maximum atomic E-state index is 13.0. The molecule has 2 N–H and O–H groups in total. The third-order valence-electron chi connectivity index (χ3n) is 7.10. The van der Waals surface area contributed by atoms with Gasteiger partial charge in [0.15, 0.2) is 17.0 Å². The largest absolute Gasteiger partial charge is 0.416 e. The second-order valence-electron chi connectivity index (χ2n) is 10.0. The van der Waals surface area contributed by atoms with Crippen LogP contribution in [0.3, 0.4) is 0 Å². The highest BCUT2D eigenvalue weighted by Crippen LogP contribution is 2.30. The van der Waals surface area contributed by atoms with Gasteiger partial charge in [-0.05, 0) is 42.2 Å². The fraction of sp³-hybridized carbons (Fsp3) is 0.276. The fourth-order valence-corrected chi connectivity index (χ4v) is 4.96. The summed E-state index contributed by atoms with van der Waals surface area (Å²) in [6.45, 7) is 3.13. The van der Waals surface area contributed by atoms with Gasteiger partial charge in [0.05, 0.1) is 18.4 Å². The van der Waals surface area contributed by atoms with Crippen LogP contribution >= 0.6 is 0 Å². The molecule has 41 heavy (non-hydrogen) atoms. The van der Waals surface area contributed by atoms with E-state index in [1.165, 1.54) is 24.0 Å². The molecule has 1 fully saturated rings. The van der Waals surface area contributed by atoms with Crippen LogP contribution in [0.15, 0.2) is 79.5 Å². The number of halogens is 3. The summed E-state index contributed by atoms with van der Waals surface area (Å²) < 4.78 is 40.9. The van der Waals surface area contributed by atoms with E-state index in [0.29, 0.717) is 40.9 Å². The van der Waals surface area contributed by atoms with Gasteiger partial charge in [-0.3, -0.25) is 4.90 Å². The Labute approximate surface area is 234 Å².